The van der Waals surface area contributed by atoms with Crippen LogP contribution in [0.15, 0.2) is 170 Å². The summed E-state index contributed by atoms with van der Waals surface area (Å²) in [5.41, 5.74) is 9.42. The molecule has 40 heteroatoms. The number of alkyl halides is 4. The molecule has 0 aliphatic rings. The van der Waals surface area contributed by atoms with E-state index < -0.39 is 24.4 Å². The maximum atomic E-state index is 10.3. The van der Waals surface area contributed by atoms with E-state index in [0.717, 1.165) is 44.5 Å². The van der Waals surface area contributed by atoms with Crippen molar-refractivity contribution >= 4 is 183 Å². The van der Waals surface area contributed by atoms with Crippen LogP contribution >= 0.6 is 183 Å². The van der Waals surface area contributed by atoms with Gasteiger partial charge in [0.2, 0.25) is 0 Å². The molecule has 4 heterocycles. The number of hydrogen-bond acceptors (Lipinski definition) is 24. The first-order valence-corrected chi connectivity index (χ1v) is 52.9. The van der Waals surface area contributed by atoms with Gasteiger partial charge in [0, 0.05) is 68.9 Å². The Morgan fingerprint density at radius 2 is 0.443 bits per heavy atom. The highest BCUT2D eigenvalue weighted by atomic mass is 123. The second-order valence-electron chi connectivity index (χ2n) is 36.0. The van der Waals surface area contributed by atoms with Crippen molar-refractivity contribution in [3.8, 4) is 46.0 Å². The van der Waals surface area contributed by atoms with E-state index in [9.17, 15) is 40.9 Å². The van der Waals surface area contributed by atoms with E-state index in [2.05, 4.69) is 96.6 Å². The summed E-state index contributed by atoms with van der Waals surface area (Å²) in [7, 11) is 0. The van der Waals surface area contributed by atoms with Crippen molar-refractivity contribution < 1.29 is 78.7 Å². The molecule has 8 N–H and O–H groups in total. The number of benzene rings is 8. The Kier molecular flexibility index (Phi) is 47.3. The summed E-state index contributed by atoms with van der Waals surface area (Å²) < 4.78 is 55.2. The van der Waals surface area contributed by atoms with Gasteiger partial charge in [-0.15, -0.1) is 66.8 Å². The fourth-order valence-corrected chi connectivity index (χ4v) is 17.2. The van der Waals surface area contributed by atoms with Gasteiger partial charge >= 0.3 is 0 Å². The first-order valence-electron chi connectivity index (χ1n) is 45.0. The molecule has 140 heavy (non-hydrogen) atoms. The predicted molar refractivity (Wildman–Crippen MR) is 582 cm³/mol. The Morgan fingerprint density at radius 3 is 0.593 bits per heavy atom. The van der Waals surface area contributed by atoms with Gasteiger partial charge in [0.1, 0.15) is 134 Å². The number of rotatable bonds is 48. The smallest absolute Gasteiger partial charge is 0.137 e. The Morgan fingerprint density at radius 1 is 0.271 bits per heavy atom. The molecule has 8 atom stereocenters. The van der Waals surface area contributed by atoms with Crippen LogP contribution in [0.4, 0.5) is 0 Å². The number of halogens is 12. The maximum absolute atomic E-state index is 10.3. The van der Waals surface area contributed by atoms with Gasteiger partial charge in [0.15, 0.2) is 0 Å². The zero-order valence-corrected chi connectivity index (χ0v) is 94.4. The molecule has 0 spiro atoms. The van der Waals surface area contributed by atoms with Crippen LogP contribution < -0.4 is 37.9 Å². The SMILES string of the molecule is CC(CCl)COc1ccc(C(C)(C)c2ccc(OCC(O)Cn3nnc(CO)c3[123I])cc2)cc1Cl.C[C@@H](CCl)COc1ccc(C(C)(C)c2ccc(OC[C@@H](O)Cn3nnc(CO)c3[123I])cc2)cc1Cl.C[C@@H](CCl)COc1ccc(C(C)(C)c2ccc(OC[C@H](O)Cn3nnc(CO)c3[123I])cc2)cc1Cl.C[C@H](CCl)COc1ccc(C(C)(C)c2ccc(OC[C@H](O)Cn3nnc(CO)c3[123I])cc2)cc1Cl. The highest BCUT2D eigenvalue weighted by molar-refractivity contribution is 14.1. The van der Waals surface area contributed by atoms with E-state index in [-0.39, 0.29) is 124 Å². The Hall–Kier alpha value is -6.36. The van der Waals surface area contributed by atoms with Gasteiger partial charge in [-0.2, -0.15) is 0 Å². The van der Waals surface area contributed by atoms with Crippen LogP contribution in [0.3, 0.4) is 0 Å². The first-order chi connectivity index (χ1) is 66.6. The quantitative estimate of drug-likeness (QED) is 0.0130. The van der Waals surface area contributed by atoms with Crippen molar-refractivity contribution in [2.75, 3.05) is 76.4 Å². The molecule has 0 radical (unpaired) electrons. The van der Waals surface area contributed by atoms with E-state index in [1.54, 1.807) is 18.7 Å². The van der Waals surface area contributed by atoms with Crippen molar-refractivity contribution in [3.05, 3.63) is 272 Å². The summed E-state index contributed by atoms with van der Waals surface area (Å²) in [6.07, 6.45) is -3.10. The van der Waals surface area contributed by atoms with Crippen molar-refractivity contribution in [3.63, 3.8) is 0 Å². The van der Waals surface area contributed by atoms with Crippen LogP contribution in [0.2, 0.25) is 20.1 Å². The third-order valence-electron chi connectivity index (χ3n) is 22.9. The molecule has 0 bridgehead atoms. The monoisotopic (exact) mass is 2520 g/mol. The molecule has 0 saturated heterocycles. The van der Waals surface area contributed by atoms with Gasteiger partial charge in [0.05, 0.1) is 99.1 Å². The van der Waals surface area contributed by atoms with Crippen molar-refractivity contribution in [1.29, 1.82) is 0 Å². The lowest BCUT2D eigenvalue weighted by molar-refractivity contribution is 0.0880. The second kappa shape index (κ2) is 56.5. The van der Waals surface area contributed by atoms with Crippen molar-refractivity contribution in [1.82, 2.24) is 60.0 Å². The minimum Gasteiger partial charge on any atom is -0.492 e. The number of ether oxygens (including phenoxy) is 8. The highest BCUT2D eigenvalue weighted by Crippen LogP contribution is 2.43. The zero-order chi connectivity index (χ0) is 102. The fourth-order valence-electron chi connectivity index (χ4n) is 13.7. The fraction of sp³-hybridized carbons (Fsp3) is 0.440. The molecule has 12 aromatic rings. The number of nitrogens with zero attached hydrogens (tertiary/aromatic N) is 12. The lowest BCUT2D eigenvalue weighted by Gasteiger charge is -2.27. The Labute approximate surface area is 912 Å². The molecular formula is C100H120Cl8I4N12O16. The number of aliphatic hydroxyl groups excluding tert-OH is 8. The number of hydrogen-bond donors (Lipinski definition) is 8. The maximum Gasteiger partial charge on any atom is 0.137 e. The van der Waals surface area contributed by atoms with Crippen LogP contribution in [-0.4, -0.2) is 202 Å². The summed E-state index contributed by atoms with van der Waals surface area (Å²) in [5, 5.41) is 112. The average molecular weight is 2520 g/mol. The molecule has 760 valence electrons. The molecule has 12 rings (SSSR count). The van der Waals surface area contributed by atoms with E-state index in [0.29, 0.717) is 154 Å². The predicted octanol–water partition coefficient (Wildman–Crippen LogP) is 20.2. The Bertz CT molecular complexity index is 5140. The van der Waals surface area contributed by atoms with Crippen LogP contribution in [0, 0.1) is 38.5 Å². The third kappa shape index (κ3) is 33.8. The summed E-state index contributed by atoms with van der Waals surface area (Å²) >= 11 is 57.6. The zero-order valence-electron chi connectivity index (χ0n) is 79.7. The molecule has 0 amide bonds. The largest absolute Gasteiger partial charge is 0.492 e. The normalized spacial score (nSPS) is 13.5. The van der Waals surface area contributed by atoms with Crippen LogP contribution in [-0.2, 0) is 74.3 Å². The minimum absolute atomic E-state index is 0.104. The molecule has 0 fully saturated rings. The topological polar surface area (TPSA) is 359 Å². The van der Waals surface area contributed by atoms with Gasteiger partial charge in [-0.25, -0.2) is 18.7 Å². The van der Waals surface area contributed by atoms with Crippen LogP contribution in [0.25, 0.3) is 0 Å². The van der Waals surface area contributed by atoms with Crippen molar-refractivity contribution in [2.24, 2.45) is 23.7 Å². The Balaban J connectivity index is 0.000000209. The molecule has 8 aromatic carbocycles. The van der Waals surface area contributed by atoms with E-state index in [1.165, 1.54) is 0 Å². The second-order valence-corrected chi connectivity index (χ2v) is 42.9. The molecule has 0 aliphatic carbocycles. The molecule has 4 aromatic heterocycles. The summed E-state index contributed by atoms with van der Waals surface area (Å²) in [6.45, 7) is 27.8. The summed E-state index contributed by atoms with van der Waals surface area (Å²) in [4.78, 5) is 0. The average Bonchev–Trinajstić information content (AvgIpc) is 1.26. The molecule has 28 nitrogen and oxygen atoms in total. The summed E-state index contributed by atoms with van der Waals surface area (Å²) in [6, 6.07) is 54.7. The molecule has 0 aliphatic heterocycles. The van der Waals surface area contributed by atoms with E-state index in [1.807, 2.05) is 288 Å². The summed E-state index contributed by atoms with van der Waals surface area (Å²) in [5.74, 6) is 8.36. The van der Waals surface area contributed by atoms with Gasteiger partial charge in [-0.05, 0) is 232 Å². The van der Waals surface area contributed by atoms with Crippen LogP contribution in [0.1, 0.15) is 150 Å². The first kappa shape index (κ1) is 117. The molecule has 2 unspecified atom stereocenters. The van der Waals surface area contributed by atoms with Gasteiger partial charge in [0.25, 0.3) is 0 Å². The standard InChI is InChI=1S/4C25H30Cl2IN3O4/c4*1-16(11-26)14-35-23-9-6-18(10-21(23)27)25(2,3)17-4-7-20(8-5-17)34-15-19(33)12-31-24(28)22(13-32)29-30-31/h4*4-10,16,19,32-33H,11-15H2,1-3H3/t16-,19+;2*16-,19-;/m010./s1/i4*28-4. The molecule has 0 saturated carbocycles. The van der Waals surface area contributed by atoms with Crippen molar-refractivity contribution in [2.45, 2.75) is 182 Å². The van der Waals surface area contributed by atoms with E-state index >= 15 is 0 Å². The van der Waals surface area contributed by atoms with Gasteiger partial charge < -0.3 is 78.7 Å². The lowest BCUT2D eigenvalue weighted by atomic mass is 9.78. The number of aliphatic hydroxyl groups is 8. The highest BCUT2D eigenvalue weighted by Gasteiger charge is 2.31. The molecular weight excluding hydrogens is 2400 g/mol. The van der Waals surface area contributed by atoms with E-state index in [4.69, 9.17) is 131 Å². The number of aromatic nitrogens is 12. The minimum atomic E-state index is -0.775. The van der Waals surface area contributed by atoms with Gasteiger partial charge in [-0.3, -0.25) is 0 Å². The van der Waals surface area contributed by atoms with Crippen LogP contribution in [0.5, 0.6) is 46.0 Å². The van der Waals surface area contributed by atoms with Gasteiger partial charge in [-0.1, -0.05) is 223 Å². The lowest BCUT2D eigenvalue weighted by Crippen LogP contribution is -2.25. The third-order valence-corrected chi connectivity index (χ3v) is 30.9.